The Morgan fingerprint density at radius 3 is 2.29 bits per heavy atom. The van der Waals surface area contributed by atoms with Crippen LogP contribution in [-0.4, -0.2) is 19.1 Å². The van der Waals surface area contributed by atoms with Gasteiger partial charge in [0, 0.05) is 13.0 Å². The van der Waals surface area contributed by atoms with Crippen LogP contribution in [0.15, 0.2) is 54.6 Å². The predicted octanol–water partition coefficient (Wildman–Crippen LogP) is 3.97. The molecule has 0 saturated carbocycles. The molecule has 0 aliphatic rings. The third-order valence-corrected chi connectivity index (χ3v) is 3.60. The molecule has 0 radical (unpaired) electrons. The van der Waals surface area contributed by atoms with E-state index in [9.17, 15) is 13.6 Å². The maximum atomic E-state index is 12.1. The number of carbonyl (C=O) groups excluding carboxylic acids is 1. The van der Waals surface area contributed by atoms with Gasteiger partial charge in [-0.25, -0.2) is 0 Å². The summed E-state index contributed by atoms with van der Waals surface area (Å²) >= 11 is 0. The maximum Gasteiger partial charge on any atom is 0.387 e. The van der Waals surface area contributed by atoms with Gasteiger partial charge in [-0.1, -0.05) is 42.5 Å². The molecule has 0 saturated heterocycles. The molecular weight excluding hydrogens is 312 g/mol. The molecule has 0 unspecified atom stereocenters. The smallest absolute Gasteiger partial charge is 0.387 e. The number of hydrogen-bond donors (Lipinski definition) is 1. The summed E-state index contributed by atoms with van der Waals surface area (Å²) in [6.07, 6.45) is 2.78. The van der Waals surface area contributed by atoms with E-state index >= 15 is 0 Å². The Kier molecular flexibility index (Phi) is 7.21. The first-order chi connectivity index (χ1) is 11.6. The summed E-state index contributed by atoms with van der Waals surface area (Å²) in [7, 11) is 0. The fourth-order valence-electron chi connectivity index (χ4n) is 2.35. The summed E-state index contributed by atoms with van der Waals surface area (Å²) in [5, 5.41) is 2.90. The molecule has 1 N–H and O–H groups in total. The first-order valence-corrected chi connectivity index (χ1v) is 7.98. The highest BCUT2D eigenvalue weighted by Crippen LogP contribution is 2.15. The largest absolute Gasteiger partial charge is 0.435 e. The molecule has 0 aliphatic carbocycles. The van der Waals surface area contributed by atoms with E-state index in [1.165, 1.54) is 17.7 Å². The molecule has 128 valence electrons. The minimum atomic E-state index is -2.82. The van der Waals surface area contributed by atoms with Crippen molar-refractivity contribution in [2.24, 2.45) is 0 Å². The molecule has 0 atom stereocenters. The maximum absolute atomic E-state index is 12.1. The van der Waals surface area contributed by atoms with Crippen molar-refractivity contribution in [2.45, 2.75) is 32.3 Å². The minimum Gasteiger partial charge on any atom is -0.435 e. The van der Waals surface area contributed by atoms with Crippen LogP contribution >= 0.6 is 0 Å². The van der Waals surface area contributed by atoms with Crippen LogP contribution in [0.1, 0.15) is 24.0 Å². The van der Waals surface area contributed by atoms with E-state index in [1.54, 1.807) is 12.1 Å². The molecule has 0 bridgehead atoms. The Hall–Kier alpha value is -2.43. The number of amides is 1. The molecule has 3 nitrogen and oxygen atoms in total. The number of ether oxygens (including phenoxy) is 1. The molecule has 0 aromatic heterocycles. The monoisotopic (exact) mass is 333 g/mol. The molecular formula is C19H21F2NO2. The van der Waals surface area contributed by atoms with Gasteiger partial charge in [-0.05, 0) is 42.5 Å². The Morgan fingerprint density at radius 1 is 0.958 bits per heavy atom. The van der Waals surface area contributed by atoms with E-state index in [2.05, 4.69) is 22.2 Å². The zero-order valence-corrected chi connectivity index (χ0v) is 13.4. The highest BCUT2D eigenvalue weighted by atomic mass is 19.3. The van der Waals surface area contributed by atoms with Gasteiger partial charge in [0.25, 0.3) is 0 Å². The van der Waals surface area contributed by atoms with E-state index in [4.69, 9.17) is 0 Å². The molecule has 24 heavy (non-hydrogen) atoms. The van der Waals surface area contributed by atoms with E-state index in [-0.39, 0.29) is 11.7 Å². The molecule has 2 aromatic carbocycles. The van der Waals surface area contributed by atoms with Gasteiger partial charge in [0.2, 0.25) is 5.91 Å². The van der Waals surface area contributed by atoms with Gasteiger partial charge >= 0.3 is 6.61 Å². The van der Waals surface area contributed by atoms with E-state index in [0.29, 0.717) is 19.4 Å². The van der Waals surface area contributed by atoms with Crippen molar-refractivity contribution in [2.75, 3.05) is 6.54 Å². The van der Waals surface area contributed by atoms with Gasteiger partial charge in [-0.2, -0.15) is 8.78 Å². The first-order valence-electron chi connectivity index (χ1n) is 7.98. The van der Waals surface area contributed by atoms with Gasteiger partial charge in [-0.15, -0.1) is 0 Å². The molecule has 0 aliphatic heterocycles. The first kappa shape index (κ1) is 17.9. The summed E-state index contributed by atoms with van der Waals surface area (Å²) in [5.74, 6) is 0.120. The van der Waals surface area contributed by atoms with Crippen molar-refractivity contribution < 1.29 is 18.3 Å². The Balaban J connectivity index is 1.62. The van der Waals surface area contributed by atoms with Crippen LogP contribution in [0.5, 0.6) is 5.75 Å². The molecule has 2 aromatic rings. The summed E-state index contributed by atoms with van der Waals surface area (Å²) < 4.78 is 28.4. The van der Waals surface area contributed by atoms with Gasteiger partial charge in [0.05, 0.1) is 0 Å². The van der Waals surface area contributed by atoms with Gasteiger partial charge in [0.15, 0.2) is 0 Å². The van der Waals surface area contributed by atoms with Gasteiger partial charge < -0.3 is 10.1 Å². The van der Waals surface area contributed by atoms with Crippen molar-refractivity contribution in [3.8, 4) is 5.75 Å². The summed E-state index contributed by atoms with van der Waals surface area (Å²) in [6.45, 7) is -2.17. The fraction of sp³-hybridized carbons (Fsp3) is 0.316. The van der Waals surface area contributed by atoms with E-state index in [1.807, 2.05) is 18.2 Å². The Morgan fingerprint density at radius 2 is 1.62 bits per heavy atom. The van der Waals surface area contributed by atoms with Crippen molar-refractivity contribution >= 4 is 5.91 Å². The molecule has 0 spiro atoms. The summed E-state index contributed by atoms with van der Waals surface area (Å²) in [5.41, 5.74) is 2.17. The lowest BCUT2D eigenvalue weighted by molar-refractivity contribution is -0.121. The van der Waals surface area contributed by atoms with Crippen molar-refractivity contribution in [1.29, 1.82) is 0 Å². The number of hydrogen-bond acceptors (Lipinski definition) is 2. The van der Waals surface area contributed by atoms with Gasteiger partial charge in [-0.3, -0.25) is 4.79 Å². The number of rotatable bonds is 9. The number of carbonyl (C=O) groups is 1. The third kappa shape index (κ3) is 6.77. The Labute approximate surface area is 140 Å². The van der Waals surface area contributed by atoms with Crippen molar-refractivity contribution in [3.05, 3.63) is 65.7 Å². The van der Waals surface area contributed by atoms with Crippen LogP contribution in [0.3, 0.4) is 0 Å². The van der Waals surface area contributed by atoms with Crippen LogP contribution in [0, 0.1) is 0 Å². The highest BCUT2D eigenvalue weighted by Gasteiger charge is 2.05. The molecule has 2 rings (SSSR count). The lowest BCUT2D eigenvalue weighted by atomic mass is 10.1. The van der Waals surface area contributed by atoms with Crippen LogP contribution < -0.4 is 10.1 Å². The highest BCUT2D eigenvalue weighted by molar-refractivity contribution is 5.76. The second-order valence-electron chi connectivity index (χ2n) is 5.46. The topological polar surface area (TPSA) is 38.3 Å². The molecule has 5 heteroatoms. The normalized spacial score (nSPS) is 10.6. The number of aryl methyl sites for hydroxylation is 2. The quantitative estimate of drug-likeness (QED) is 0.705. The van der Waals surface area contributed by atoms with Gasteiger partial charge in [0.1, 0.15) is 5.75 Å². The second-order valence-corrected chi connectivity index (χ2v) is 5.46. The summed E-state index contributed by atoms with van der Waals surface area (Å²) in [4.78, 5) is 11.8. The average molecular weight is 333 g/mol. The summed E-state index contributed by atoms with van der Waals surface area (Å²) in [6, 6.07) is 16.5. The van der Waals surface area contributed by atoms with Crippen LogP contribution in [0.25, 0.3) is 0 Å². The molecule has 1 amide bonds. The van der Waals surface area contributed by atoms with Crippen molar-refractivity contribution in [1.82, 2.24) is 5.32 Å². The van der Waals surface area contributed by atoms with Crippen LogP contribution in [-0.2, 0) is 17.6 Å². The lowest BCUT2D eigenvalue weighted by Crippen LogP contribution is -2.24. The molecule has 0 fully saturated rings. The van der Waals surface area contributed by atoms with Crippen LogP contribution in [0.2, 0.25) is 0 Å². The lowest BCUT2D eigenvalue weighted by Gasteiger charge is -2.07. The zero-order chi connectivity index (χ0) is 17.2. The van der Waals surface area contributed by atoms with Crippen molar-refractivity contribution in [3.63, 3.8) is 0 Å². The number of nitrogens with one attached hydrogen (secondary N) is 1. The fourth-order valence-corrected chi connectivity index (χ4v) is 2.35. The minimum absolute atomic E-state index is 0.00373. The Bertz CT molecular complexity index is 615. The van der Waals surface area contributed by atoms with E-state index < -0.39 is 6.61 Å². The number of benzene rings is 2. The number of alkyl halides is 2. The average Bonchev–Trinajstić information content (AvgIpc) is 2.58. The van der Waals surface area contributed by atoms with Crippen LogP contribution in [0.4, 0.5) is 8.78 Å². The predicted molar refractivity (Wildman–Crippen MR) is 89.2 cm³/mol. The number of halogens is 2. The van der Waals surface area contributed by atoms with E-state index in [0.717, 1.165) is 18.4 Å². The zero-order valence-electron chi connectivity index (χ0n) is 13.4. The molecule has 0 heterocycles. The second kappa shape index (κ2) is 9.65. The standard InChI is InChI=1S/C19H21F2NO2/c20-19(21)24-17-11-8-16(9-12-17)10-13-18(23)22-14-4-7-15-5-2-1-3-6-15/h1-3,5-6,8-9,11-12,19H,4,7,10,13-14H2,(H,22,23). The third-order valence-electron chi connectivity index (χ3n) is 3.60. The SMILES string of the molecule is O=C(CCc1ccc(OC(F)F)cc1)NCCCc1ccccc1.